The average Bonchev–Trinajstić information content (AvgIpc) is 2.79. The van der Waals surface area contributed by atoms with Crippen molar-refractivity contribution in [2.24, 2.45) is 0 Å². The van der Waals surface area contributed by atoms with Crippen molar-refractivity contribution in [3.63, 3.8) is 0 Å². The highest BCUT2D eigenvalue weighted by Gasteiger charge is 2.11. The van der Waals surface area contributed by atoms with Gasteiger partial charge in [0.15, 0.2) is 0 Å². The molecule has 3 rings (SSSR count). The number of anilines is 2. The van der Waals surface area contributed by atoms with Gasteiger partial charge < -0.3 is 10.1 Å². The number of ether oxygens (including phenoxy) is 1. The molecule has 0 aliphatic rings. The SMILES string of the molecule is C=CCCNS(=O)(=O)Cc1ccc(Nc2cc(-c3ccccc3OCC=C)ncn2)cc1. The van der Waals surface area contributed by atoms with Crippen LogP contribution in [-0.2, 0) is 15.8 Å². The summed E-state index contributed by atoms with van der Waals surface area (Å²) < 4.78 is 32.5. The number of sulfonamides is 1. The monoisotopic (exact) mass is 450 g/mol. The molecular weight excluding hydrogens is 424 g/mol. The van der Waals surface area contributed by atoms with Gasteiger partial charge in [-0.15, -0.1) is 6.58 Å². The molecular formula is C24H26N4O3S. The number of rotatable bonds is 12. The Morgan fingerprint density at radius 2 is 1.78 bits per heavy atom. The van der Waals surface area contributed by atoms with E-state index < -0.39 is 10.0 Å². The van der Waals surface area contributed by atoms with Crippen LogP contribution in [0.5, 0.6) is 5.75 Å². The van der Waals surface area contributed by atoms with Crippen LogP contribution in [0.2, 0.25) is 0 Å². The summed E-state index contributed by atoms with van der Waals surface area (Å²) in [7, 11) is -3.38. The Morgan fingerprint density at radius 1 is 1.00 bits per heavy atom. The molecule has 2 N–H and O–H groups in total. The van der Waals surface area contributed by atoms with Gasteiger partial charge in [-0.1, -0.05) is 43.0 Å². The van der Waals surface area contributed by atoms with Gasteiger partial charge in [0.1, 0.15) is 24.5 Å². The van der Waals surface area contributed by atoms with Gasteiger partial charge in [-0.2, -0.15) is 0 Å². The Bertz CT molecular complexity index is 1160. The zero-order chi connectivity index (χ0) is 22.8. The first-order valence-electron chi connectivity index (χ1n) is 10.1. The maximum Gasteiger partial charge on any atom is 0.215 e. The second-order valence-electron chi connectivity index (χ2n) is 6.94. The van der Waals surface area contributed by atoms with E-state index in [1.807, 2.05) is 42.5 Å². The minimum absolute atomic E-state index is 0.0798. The van der Waals surface area contributed by atoms with Crippen LogP contribution in [0.4, 0.5) is 11.5 Å². The van der Waals surface area contributed by atoms with Gasteiger partial charge >= 0.3 is 0 Å². The summed E-state index contributed by atoms with van der Waals surface area (Å²) in [5.41, 5.74) is 3.05. The van der Waals surface area contributed by atoms with Gasteiger partial charge in [0.05, 0.1) is 11.4 Å². The molecule has 0 unspecified atom stereocenters. The van der Waals surface area contributed by atoms with Crippen LogP contribution in [0.15, 0.2) is 86.2 Å². The molecule has 0 fully saturated rings. The van der Waals surface area contributed by atoms with Crippen molar-refractivity contribution >= 4 is 21.5 Å². The van der Waals surface area contributed by atoms with Crippen LogP contribution in [0.3, 0.4) is 0 Å². The van der Waals surface area contributed by atoms with Crippen LogP contribution in [-0.4, -0.2) is 31.5 Å². The fourth-order valence-corrected chi connectivity index (χ4v) is 4.11. The van der Waals surface area contributed by atoms with Gasteiger partial charge in [0.25, 0.3) is 0 Å². The minimum atomic E-state index is -3.38. The van der Waals surface area contributed by atoms with E-state index in [0.717, 1.165) is 16.9 Å². The summed E-state index contributed by atoms with van der Waals surface area (Å²) in [5.74, 6) is 1.24. The molecule has 0 atom stereocenters. The average molecular weight is 451 g/mol. The first kappa shape index (κ1) is 23.2. The van der Waals surface area contributed by atoms with Gasteiger partial charge in [-0.25, -0.2) is 23.1 Å². The molecule has 2 aromatic carbocycles. The highest BCUT2D eigenvalue weighted by atomic mass is 32.2. The van der Waals surface area contributed by atoms with Crippen LogP contribution < -0.4 is 14.8 Å². The van der Waals surface area contributed by atoms with Gasteiger partial charge in [-0.05, 0) is 36.2 Å². The van der Waals surface area contributed by atoms with E-state index in [2.05, 4.69) is 33.2 Å². The number of hydrogen-bond donors (Lipinski definition) is 2. The van der Waals surface area contributed by atoms with Gasteiger partial charge in [-0.3, -0.25) is 0 Å². The maximum absolute atomic E-state index is 12.1. The summed E-state index contributed by atoms with van der Waals surface area (Å²) in [5, 5.41) is 3.22. The van der Waals surface area contributed by atoms with Crippen molar-refractivity contribution in [3.8, 4) is 17.0 Å². The van der Waals surface area contributed by atoms with E-state index in [1.54, 1.807) is 24.3 Å². The fourth-order valence-electron chi connectivity index (χ4n) is 2.94. The lowest BCUT2D eigenvalue weighted by molar-refractivity contribution is 0.364. The topological polar surface area (TPSA) is 93.2 Å². The number of para-hydroxylation sites is 1. The Morgan fingerprint density at radius 3 is 2.53 bits per heavy atom. The molecule has 0 amide bonds. The molecule has 166 valence electrons. The van der Waals surface area contributed by atoms with Crippen LogP contribution in [0, 0.1) is 0 Å². The van der Waals surface area contributed by atoms with E-state index in [9.17, 15) is 8.42 Å². The first-order valence-corrected chi connectivity index (χ1v) is 11.8. The van der Waals surface area contributed by atoms with Crippen LogP contribution >= 0.6 is 0 Å². The molecule has 0 aliphatic heterocycles. The summed E-state index contributed by atoms with van der Waals surface area (Å²) in [6.07, 6.45) is 5.44. The fraction of sp³-hybridized carbons (Fsp3) is 0.167. The molecule has 1 heterocycles. The van der Waals surface area contributed by atoms with E-state index in [-0.39, 0.29) is 5.75 Å². The Labute approximate surface area is 188 Å². The lowest BCUT2D eigenvalue weighted by Crippen LogP contribution is -2.25. The van der Waals surface area contributed by atoms with Crippen LogP contribution in [0.1, 0.15) is 12.0 Å². The lowest BCUT2D eigenvalue weighted by atomic mass is 10.1. The Kier molecular flexibility index (Phi) is 8.13. The third-order valence-corrected chi connectivity index (χ3v) is 5.80. The molecule has 0 saturated heterocycles. The molecule has 1 aromatic heterocycles. The van der Waals surface area contributed by atoms with Crippen molar-refractivity contribution < 1.29 is 13.2 Å². The van der Waals surface area contributed by atoms with Crippen molar-refractivity contribution in [1.29, 1.82) is 0 Å². The highest BCUT2D eigenvalue weighted by molar-refractivity contribution is 7.88. The maximum atomic E-state index is 12.1. The molecule has 3 aromatic rings. The molecule has 32 heavy (non-hydrogen) atoms. The first-order chi connectivity index (χ1) is 15.5. The van der Waals surface area contributed by atoms with Gasteiger partial charge in [0.2, 0.25) is 10.0 Å². The normalized spacial score (nSPS) is 11.0. The predicted molar refractivity (Wildman–Crippen MR) is 128 cm³/mol. The quantitative estimate of drug-likeness (QED) is 0.313. The molecule has 7 nitrogen and oxygen atoms in total. The molecule has 0 radical (unpaired) electrons. The molecule has 8 heteroatoms. The molecule has 0 saturated carbocycles. The Hall–Kier alpha value is -3.49. The third-order valence-electron chi connectivity index (χ3n) is 4.44. The zero-order valence-electron chi connectivity index (χ0n) is 17.7. The minimum Gasteiger partial charge on any atom is -0.489 e. The second-order valence-corrected chi connectivity index (χ2v) is 8.74. The van der Waals surface area contributed by atoms with Crippen molar-refractivity contribution in [2.75, 3.05) is 18.5 Å². The lowest BCUT2D eigenvalue weighted by Gasteiger charge is -2.11. The standard InChI is InChI=1S/C24H26N4O3S/c1-3-5-14-27-32(29,30)17-19-10-12-20(13-11-19)28-24-16-22(25-18-26-24)21-8-6-7-9-23(21)31-15-4-2/h3-4,6-13,16,18,27H,1-2,5,14-15,17H2,(H,25,26,28). The number of hydrogen-bond acceptors (Lipinski definition) is 6. The summed E-state index contributed by atoms with van der Waals surface area (Å²) in [4.78, 5) is 8.65. The largest absolute Gasteiger partial charge is 0.489 e. The number of nitrogens with zero attached hydrogens (tertiary/aromatic N) is 2. The Balaban J connectivity index is 1.70. The molecule has 0 aliphatic carbocycles. The molecule has 0 bridgehead atoms. The summed E-state index contributed by atoms with van der Waals surface area (Å²) in [6, 6.07) is 16.7. The van der Waals surface area contributed by atoms with Crippen LogP contribution in [0.25, 0.3) is 11.3 Å². The van der Waals surface area contributed by atoms with Gasteiger partial charge in [0, 0.05) is 23.9 Å². The van der Waals surface area contributed by atoms with Crippen molar-refractivity contribution in [3.05, 3.63) is 91.8 Å². The van der Waals surface area contributed by atoms with E-state index in [0.29, 0.717) is 36.7 Å². The zero-order valence-corrected chi connectivity index (χ0v) is 18.5. The molecule has 0 spiro atoms. The second kappa shape index (κ2) is 11.2. The van der Waals surface area contributed by atoms with Crippen molar-refractivity contribution in [2.45, 2.75) is 12.2 Å². The smallest absolute Gasteiger partial charge is 0.215 e. The third kappa shape index (κ3) is 6.76. The van der Waals surface area contributed by atoms with Crippen molar-refractivity contribution in [1.82, 2.24) is 14.7 Å². The van der Waals surface area contributed by atoms with E-state index in [1.165, 1.54) is 6.33 Å². The number of benzene rings is 2. The van der Waals surface area contributed by atoms with E-state index in [4.69, 9.17) is 4.74 Å². The number of nitrogens with one attached hydrogen (secondary N) is 2. The predicted octanol–water partition coefficient (Wildman–Crippen LogP) is 4.45. The summed E-state index contributed by atoms with van der Waals surface area (Å²) in [6.45, 7) is 8.02. The summed E-state index contributed by atoms with van der Waals surface area (Å²) >= 11 is 0. The number of aromatic nitrogens is 2. The highest BCUT2D eigenvalue weighted by Crippen LogP contribution is 2.29. The van der Waals surface area contributed by atoms with E-state index >= 15 is 0 Å².